The van der Waals surface area contributed by atoms with Crippen LogP contribution in [0.4, 0.5) is 0 Å². The van der Waals surface area contributed by atoms with Crippen LogP contribution in [0.5, 0.6) is 0 Å². The van der Waals surface area contributed by atoms with E-state index in [9.17, 15) is 4.79 Å². The molecule has 0 bridgehead atoms. The van der Waals surface area contributed by atoms with E-state index in [2.05, 4.69) is 4.90 Å². The first-order chi connectivity index (χ1) is 6.79. The fourth-order valence-electron chi connectivity index (χ4n) is 2.60. The van der Waals surface area contributed by atoms with Gasteiger partial charge in [0.05, 0.1) is 0 Å². The molecule has 0 radical (unpaired) electrons. The van der Waals surface area contributed by atoms with Crippen LogP contribution in [0, 0.1) is 0 Å². The lowest BCUT2D eigenvalue weighted by atomic mass is 9.93. The van der Waals surface area contributed by atoms with Crippen LogP contribution in [0.3, 0.4) is 0 Å². The first kappa shape index (κ1) is 9.75. The molecule has 0 aromatic carbocycles. The van der Waals surface area contributed by atoms with Crippen molar-refractivity contribution in [1.29, 1.82) is 0 Å². The SMILES string of the molecule is CC(=O)C1=C(N2CCCC2)CCCC1. The molecule has 2 nitrogen and oxygen atoms in total. The zero-order valence-corrected chi connectivity index (χ0v) is 9.01. The quantitative estimate of drug-likeness (QED) is 0.671. The number of hydrogen-bond acceptors (Lipinski definition) is 2. The summed E-state index contributed by atoms with van der Waals surface area (Å²) in [7, 11) is 0. The average Bonchev–Trinajstić information content (AvgIpc) is 2.70. The highest BCUT2D eigenvalue weighted by Gasteiger charge is 2.22. The van der Waals surface area contributed by atoms with Gasteiger partial charge in [-0.15, -0.1) is 0 Å². The number of carbonyl (C=O) groups is 1. The smallest absolute Gasteiger partial charge is 0.157 e. The highest BCUT2D eigenvalue weighted by molar-refractivity contribution is 5.94. The summed E-state index contributed by atoms with van der Waals surface area (Å²) in [5.74, 6) is 0.298. The normalized spacial score (nSPS) is 23.1. The second kappa shape index (κ2) is 4.16. The van der Waals surface area contributed by atoms with Crippen LogP contribution < -0.4 is 0 Å². The lowest BCUT2D eigenvalue weighted by molar-refractivity contribution is -0.114. The molecule has 14 heavy (non-hydrogen) atoms. The number of rotatable bonds is 2. The molecule has 0 saturated carbocycles. The van der Waals surface area contributed by atoms with E-state index in [0.717, 1.165) is 18.4 Å². The van der Waals surface area contributed by atoms with Gasteiger partial charge in [-0.3, -0.25) is 4.79 Å². The molecule has 1 aliphatic heterocycles. The Bertz CT molecular complexity index is 261. The third-order valence-electron chi connectivity index (χ3n) is 3.35. The van der Waals surface area contributed by atoms with Gasteiger partial charge in [0.25, 0.3) is 0 Å². The van der Waals surface area contributed by atoms with Gasteiger partial charge in [-0.1, -0.05) is 0 Å². The van der Waals surface area contributed by atoms with E-state index in [-0.39, 0.29) is 0 Å². The van der Waals surface area contributed by atoms with E-state index in [1.54, 1.807) is 6.92 Å². The number of allylic oxidation sites excluding steroid dienone is 2. The highest BCUT2D eigenvalue weighted by atomic mass is 16.1. The molecule has 1 heterocycles. The topological polar surface area (TPSA) is 20.3 Å². The molecule has 0 aromatic rings. The van der Waals surface area contributed by atoms with Gasteiger partial charge < -0.3 is 4.90 Å². The van der Waals surface area contributed by atoms with Crippen molar-refractivity contribution in [1.82, 2.24) is 4.90 Å². The molecule has 0 aromatic heterocycles. The molecule has 0 amide bonds. The molecular formula is C12H19NO. The number of Topliss-reactive ketones (excluding diaryl/α,β-unsaturated/α-hetero) is 1. The van der Waals surface area contributed by atoms with Gasteiger partial charge in [0.15, 0.2) is 5.78 Å². The van der Waals surface area contributed by atoms with Crippen molar-refractivity contribution in [3.8, 4) is 0 Å². The summed E-state index contributed by atoms with van der Waals surface area (Å²) in [4.78, 5) is 13.9. The lowest BCUT2D eigenvalue weighted by Crippen LogP contribution is -2.24. The Kier molecular flexibility index (Phi) is 2.90. The van der Waals surface area contributed by atoms with Gasteiger partial charge in [0.2, 0.25) is 0 Å². The molecule has 1 aliphatic carbocycles. The molecule has 78 valence electrons. The van der Waals surface area contributed by atoms with Gasteiger partial charge in [-0.25, -0.2) is 0 Å². The van der Waals surface area contributed by atoms with Gasteiger partial charge in [0, 0.05) is 24.4 Å². The van der Waals surface area contributed by atoms with Gasteiger partial charge >= 0.3 is 0 Å². The molecule has 2 rings (SSSR count). The molecule has 0 spiro atoms. The molecule has 2 aliphatic rings. The maximum absolute atomic E-state index is 11.5. The van der Waals surface area contributed by atoms with Gasteiger partial charge in [-0.05, 0) is 45.4 Å². The number of carbonyl (C=O) groups excluding carboxylic acids is 1. The van der Waals surface area contributed by atoms with E-state index < -0.39 is 0 Å². The Morgan fingerprint density at radius 2 is 1.71 bits per heavy atom. The molecule has 1 saturated heterocycles. The Labute approximate surface area is 86.0 Å². The highest BCUT2D eigenvalue weighted by Crippen LogP contribution is 2.30. The van der Waals surface area contributed by atoms with E-state index >= 15 is 0 Å². The van der Waals surface area contributed by atoms with Crippen LogP contribution in [0.1, 0.15) is 45.4 Å². The van der Waals surface area contributed by atoms with E-state index in [4.69, 9.17) is 0 Å². The maximum atomic E-state index is 11.5. The summed E-state index contributed by atoms with van der Waals surface area (Å²) in [5, 5.41) is 0. The van der Waals surface area contributed by atoms with Gasteiger partial charge in [-0.2, -0.15) is 0 Å². The zero-order valence-electron chi connectivity index (χ0n) is 9.01. The molecule has 1 fully saturated rings. The van der Waals surface area contributed by atoms with E-state index in [0.29, 0.717) is 5.78 Å². The van der Waals surface area contributed by atoms with E-state index in [1.165, 1.54) is 44.5 Å². The van der Waals surface area contributed by atoms with Crippen LogP contribution in [-0.4, -0.2) is 23.8 Å². The van der Waals surface area contributed by atoms with Crippen LogP contribution in [-0.2, 0) is 4.79 Å². The third kappa shape index (κ3) is 1.84. The minimum absolute atomic E-state index is 0.298. The van der Waals surface area contributed by atoms with Gasteiger partial charge in [0.1, 0.15) is 0 Å². The maximum Gasteiger partial charge on any atom is 0.157 e. The second-order valence-electron chi connectivity index (χ2n) is 4.38. The Morgan fingerprint density at radius 3 is 2.36 bits per heavy atom. The number of ketones is 1. The van der Waals surface area contributed by atoms with Crippen LogP contribution in [0.25, 0.3) is 0 Å². The average molecular weight is 193 g/mol. The minimum atomic E-state index is 0.298. The Hall–Kier alpha value is -0.790. The fraction of sp³-hybridized carbons (Fsp3) is 0.750. The monoisotopic (exact) mass is 193 g/mol. The van der Waals surface area contributed by atoms with E-state index in [1.807, 2.05) is 0 Å². The minimum Gasteiger partial charge on any atom is -0.374 e. The number of hydrogen-bond donors (Lipinski definition) is 0. The van der Waals surface area contributed by atoms with Crippen molar-refractivity contribution in [3.05, 3.63) is 11.3 Å². The molecule has 2 heteroatoms. The Morgan fingerprint density at radius 1 is 1.07 bits per heavy atom. The summed E-state index contributed by atoms with van der Waals surface area (Å²) in [5.41, 5.74) is 2.50. The summed E-state index contributed by atoms with van der Waals surface area (Å²) in [6.07, 6.45) is 7.22. The van der Waals surface area contributed by atoms with Crippen molar-refractivity contribution in [2.75, 3.05) is 13.1 Å². The standard InChI is InChI=1S/C12H19NO/c1-10(14)11-6-2-3-7-12(11)13-8-4-5-9-13/h2-9H2,1H3. The van der Waals surface area contributed by atoms with Crippen molar-refractivity contribution in [2.45, 2.75) is 45.4 Å². The molecular weight excluding hydrogens is 174 g/mol. The second-order valence-corrected chi connectivity index (χ2v) is 4.38. The summed E-state index contributed by atoms with van der Waals surface area (Å²) in [6.45, 7) is 4.06. The van der Waals surface area contributed by atoms with Crippen LogP contribution in [0.2, 0.25) is 0 Å². The first-order valence-corrected chi connectivity index (χ1v) is 5.77. The van der Waals surface area contributed by atoms with Crippen LogP contribution >= 0.6 is 0 Å². The zero-order chi connectivity index (χ0) is 9.97. The number of nitrogens with zero attached hydrogens (tertiary/aromatic N) is 1. The molecule has 0 N–H and O–H groups in total. The van der Waals surface area contributed by atoms with Crippen molar-refractivity contribution >= 4 is 5.78 Å². The van der Waals surface area contributed by atoms with Crippen molar-refractivity contribution in [2.24, 2.45) is 0 Å². The predicted octanol–water partition coefficient (Wildman–Crippen LogP) is 2.50. The predicted molar refractivity (Wildman–Crippen MR) is 57.0 cm³/mol. The third-order valence-corrected chi connectivity index (χ3v) is 3.35. The fourth-order valence-corrected chi connectivity index (χ4v) is 2.60. The largest absolute Gasteiger partial charge is 0.374 e. The van der Waals surface area contributed by atoms with Crippen LogP contribution in [0.15, 0.2) is 11.3 Å². The first-order valence-electron chi connectivity index (χ1n) is 5.77. The summed E-state index contributed by atoms with van der Waals surface area (Å²) >= 11 is 0. The van der Waals surface area contributed by atoms with Crippen molar-refractivity contribution < 1.29 is 4.79 Å². The molecule has 0 unspecified atom stereocenters. The summed E-state index contributed by atoms with van der Waals surface area (Å²) < 4.78 is 0. The lowest BCUT2D eigenvalue weighted by Gasteiger charge is -2.27. The summed E-state index contributed by atoms with van der Waals surface area (Å²) in [6, 6.07) is 0. The number of likely N-dealkylation sites (tertiary alicyclic amines) is 1. The molecule has 0 atom stereocenters. The Balaban J connectivity index is 2.21. The van der Waals surface area contributed by atoms with Crippen molar-refractivity contribution in [3.63, 3.8) is 0 Å².